The van der Waals surface area contributed by atoms with Crippen molar-refractivity contribution in [3.05, 3.63) is 65.3 Å². The van der Waals surface area contributed by atoms with Crippen LogP contribution in [0.2, 0.25) is 5.02 Å². The van der Waals surface area contributed by atoms with Crippen molar-refractivity contribution in [2.75, 3.05) is 6.54 Å². The number of nitrogens with one attached hydrogen (secondary N) is 2. The first kappa shape index (κ1) is 15.1. The van der Waals surface area contributed by atoms with Crippen molar-refractivity contribution in [2.24, 2.45) is 0 Å². The van der Waals surface area contributed by atoms with Gasteiger partial charge in [0.25, 0.3) is 0 Å². The van der Waals surface area contributed by atoms with Gasteiger partial charge in [-0.1, -0.05) is 29.8 Å². The molecule has 0 bridgehead atoms. The molecule has 3 rings (SSSR count). The van der Waals surface area contributed by atoms with Crippen LogP contribution in [0.5, 0.6) is 0 Å². The molecule has 0 amide bonds. The molecular formula is C16H15ClN2O2S. The highest BCUT2D eigenvalue weighted by Gasteiger charge is 2.13. The van der Waals surface area contributed by atoms with E-state index in [2.05, 4.69) is 9.71 Å². The fraction of sp³-hybridized carbons (Fsp3) is 0.125. The molecule has 0 aliphatic carbocycles. The Labute approximate surface area is 134 Å². The van der Waals surface area contributed by atoms with E-state index in [1.807, 2.05) is 30.5 Å². The lowest BCUT2D eigenvalue weighted by Crippen LogP contribution is -2.25. The summed E-state index contributed by atoms with van der Waals surface area (Å²) in [7, 11) is -3.50. The third-order valence-corrected chi connectivity index (χ3v) is 5.21. The average molecular weight is 335 g/mol. The van der Waals surface area contributed by atoms with Gasteiger partial charge in [0.15, 0.2) is 0 Å². The van der Waals surface area contributed by atoms with E-state index in [9.17, 15) is 8.42 Å². The van der Waals surface area contributed by atoms with Gasteiger partial charge in [0, 0.05) is 28.7 Å². The highest BCUT2D eigenvalue weighted by molar-refractivity contribution is 7.89. The van der Waals surface area contributed by atoms with Crippen LogP contribution in [0.3, 0.4) is 0 Å². The van der Waals surface area contributed by atoms with Gasteiger partial charge in [0.05, 0.1) is 4.90 Å². The molecule has 0 saturated carbocycles. The predicted octanol–water partition coefficient (Wildman–Crippen LogP) is 3.34. The molecule has 4 nitrogen and oxygen atoms in total. The van der Waals surface area contributed by atoms with Crippen LogP contribution in [-0.2, 0) is 16.4 Å². The minimum atomic E-state index is -3.50. The lowest BCUT2D eigenvalue weighted by molar-refractivity contribution is 0.581. The van der Waals surface area contributed by atoms with Crippen molar-refractivity contribution in [1.82, 2.24) is 9.71 Å². The van der Waals surface area contributed by atoms with Gasteiger partial charge in [-0.05, 0) is 42.3 Å². The first-order chi connectivity index (χ1) is 10.6. The van der Waals surface area contributed by atoms with E-state index in [4.69, 9.17) is 11.6 Å². The molecule has 0 aliphatic heterocycles. The zero-order chi connectivity index (χ0) is 15.6. The van der Waals surface area contributed by atoms with E-state index < -0.39 is 10.0 Å². The largest absolute Gasteiger partial charge is 0.361 e. The van der Waals surface area contributed by atoms with E-state index in [0.29, 0.717) is 18.0 Å². The van der Waals surface area contributed by atoms with Crippen LogP contribution in [0, 0.1) is 0 Å². The number of sulfonamides is 1. The topological polar surface area (TPSA) is 62.0 Å². The SMILES string of the molecule is O=S(=O)(NCCc1c[nH]c2ccccc12)c1ccc(Cl)cc1. The van der Waals surface area contributed by atoms with Crippen LogP contribution < -0.4 is 4.72 Å². The number of hydrogen-bond donors (Lipinski definition) is 2. The summed E-state index contributed by atoms with van der Waals surface area (Å²) in [5, 5.41) is 1.63. The van der Waals surface area contributed by atoms with Crippen molar-refractivity contribution in [3.63, 3.8) is 0 Å². The van der Waals surface area contributed by atoms with Crippen molar-refractivity contribution >= 4 is 32.5 Å². The zero-order valence-corrected chi connectivity index (χ0v) is 13.3. The van der Waals surface area contributed by atoms with Gasteiger partial charge in [0.2, 0.25) is 10.0 Å². The molecule has 1 aromatic heterocycles. The van der Waals surface area contributed by atoms with Crippen LogP contribution in [0.4, 0.5) is 0 Å². The fourth-order valence-electron chi connectivity index (χ4n) is 2.36. The van der Waals surface area contributed by atoms with Crippen molar-refractivity contribution in [2.45, 2.75) is 11.3 Å². The van der Waals surface area contributed by atoms with E-state index >= 15 is 0 Å². The fourth-order valence-corrected chi connectivity index (χ4v) is 3.51. The Morgan fingerprint density at radius 3 is 2.55 bits per heavy atom. The minimum absolute atomic E-state index is 0.218. The number of halogens is 1. The lowest BCUT2D eigenvalue weighted by atomic mass is 10.1. The maximum Gasteiger partial charge on any atom is 0.240 e. The highest BCUT2D eigenvalue weighted by atomic mass is 35.5. The molecule has 2 N–H and O–H groups in total. The Balaban J connectivity index is 1.68. The summed E-state index contributed by atoms with van der Waals surface area (Å²) < 4.78 is 27.0. The van der Waals surface area contributed by atoms with Crippen molar-refractivity contribution < 1.29 is 8.42 Å². The van der Waals surface area contributed by atoms with Gasteiger partial charge in [-0.25, -0.2) is 13.1 Å². The van der Waals surface area contributed by atoms with Crippen LogP contribution in [-0.4, -0.2) is 19.9 Å². The molecule has 114 valence electrons. The molecule has 6 heteroatoms. The highest BCUT2D eigenvalue weighted by Crippen LogP contribution is 2.18. The van der Waals surface area contributed by atoms with Gasteiger partial charge >= 0.3 is 0 Å². The van der Waals surface area contributed by atoms with Gasteiger partial charge in [-0.2, -0.15) is 0 Å². The van der Waals surface area contributed by atoms with Crippen molar-refractivity contribution in [3.8, 4) is 0 Å². The number of para-hydroxylation sites is 1. The second-order valence-corrected chi connectivity index (χ2v) is 7.16. The third kappa shape index (κ3) is 3.16. The second kappa shape index (κ2) is 6.12. The second-order valence-electron chi connectivity index (χ2n) is 4.96. The number of fused-ring (bicyclic) bond motifs is 1. The van der Waals surface area contributed by atoms with E-state index in [0.717, 1.165) is 16.5 Å². The predicted molar refractivity (Wildman–Crippen MR) is 88.6 cm³/mol. The number of hydrogen-bond acceptors (Lipinski definition) is 2. The minimum Gasteiger partial charge on any atom is -0.361 e. The summed E-state index contributed by atoms with van der Waals surface area (Å²) in [5.74, 6) is 0. The average Bonchev–Trinajstić information content (AvgIpc) is 2.91. The van der Waals surface area contributed by atoms with Gasteiger partial charge in [-0.15, -0.1) is 0 Å². The number of rotatable bonds is 5. The molecule has 0 fully saturated rings. The molecule has 1 heterocycles. The summed E-state index contributed by atoms with van der Waals surface area (Å²) in [4.78, 5) is 3.40. The van der Waals surface area contributed by atoms with Crippen LogP contribution in [0.1, 0.15) is 5.56 Å². The molecule has 0 atom stereocenters. The van der Waals surface area contributed by atoms with Gasteiger partial charge in [0.1, 0.15) is 0 Å². The summed E-state index contributed by atoms with van der Waals surface area (Å²) in [6.07, 6.45) is 2.54. The zero-order valence-electron chi connectivity index (χ0n) is 11.7. The molecule has 0 unspecified atom stereocenters. The summed E-state index contributed by atoms with van der Waals surface area (Å²) >= 11 is 5.77. The summed E-state index contributed by atoms with van der Waals surface area (Å²) in [6.45, 7) is 0.340. The quantitative estimate of drug-likeness (QED) is 0.751. The standard InChI is InChI=1S/C16H15ClN2O2S/c17-13-5-7-14(8-6-13)22(20,21)19-10-9-12-11-18-16-4-2-1-3-15(12)16/h1-8,11,18-19H,9-10H2. The number of aromatic nitrogens is 1. The van der Waals surface area contributed by atoms with Gasteiger partial charge in [-0.3, -0.25) is 0 Å². The third-order valence-electron chi connectivity index (χ3n) is 3.49. The van der Waals surface area contributed by atoms with E-state index in [-0.39, 0.29) is 4.90 Å². The molecule has 22 heavy (non-hydrogen) atoms. The number of H-pyrrole nitrogens is 1. The molecule has 2 aromatic carbocycles. The molecule has 3 aromatic rings. The Morgan fingerprint density at radius 1 is 1.05 bits per heavy atom. The first-order valence-electron chi connectivity index (χ1n) is 6.86. The van der Waals surface area contributed by atoms with Crippen LogP contribution in [0.15, 0.2) is 59.6 Å². The Bertz CT molecular complexity index is 886. The van der Waals surface area contributed by atoms with Crippen molar-refractivity contribution in [1.29, 1.82) is 0 Å². The Morgan fingerprint density at radius 2 is 1.77 bits per heavy atom. The molecule has 0 aliphatic rings. The number of aromatic amines is 1. The number of benzene rings is 2. The van der Waals surface area contributed by atoms with Gasteiger partial charge < -0.3 is 4.98 Å². The maximum atomic E-state index is 12.2. The molecule has 0 radical (unpaired) electrons. The van der Waals surface area contributed by atoms with Crippen LogP contribution in [0.25, 0.3) is 10.9 Å². The summed E-state index contributed by atoms with van der Waals surface area (Å²) in [6, 6.07) is 14.1. The Hall–Kier alpha value is -1.82. The Kier molecular flexibility index (Phi) is 4.20. The van der Waals surface area contributed by atoms with Crippen LogP contribution >= 0.6 is 11.6 Å². The molecular weight excluding hydrogens is 320 g/mol. The normalized spacial score (nSPS) is 11.9. The van der Waals surface area contributed by atoms with E-state index in [1.165, 1.54) is 12.1 Å². The monoisotopic (exact) mass is 334 g/mol. The first-order valence-corrected chi connectivity index (χ1v) is 8.72. The summed E-state index contributed by atoms with van der Waals surface area (Å²) in [5.41, 5.74) is 2.15. The van der Waals surface area contributed by atoms with E-state index in [1.54, 1.807) is 12.1 Å². The maximum absolute atomic E-state index is 12.2. The molecule has 0 spiro atoms. The smallest absolute Gasteiger partial charge is 0.240 e. The molecule has 0 saturated heterocycles. The lowest BCUT2D eigenvalue weighted by Gasteiger charge is -2.06.